The summed E-state index contributed by atoms with van der Waals surface area (Å²) in [6.45, 7) is 27.4. The van der Waals surface area contributed by atoms with Gasteiger partial charge in [-0.15, -0.1) is 0 Å². The molecule has 10 nitrogen and oxygen atoms in total. The number of hydrogen-bond donors (Lipinski definition) is 5. The highest BCUT2D eigenvalue weighted by atomic mass is 31.2. The van der Waals surface area contributed by atoms with E-state index in [-0.39, 0.29) is 23.8 Å². The van der Waals surface area contributed by atoms with E-state index in [1.54, 1.807) is 6.33 Å². The smallest absolute Gasteiger partial charge is 0.165 e. The number of nitrogens with two attached hydrogens (primary N) is 1. The second-order valence-electron chi connectivity index (χ2n) is 14.0. The van der Waals surface area contributed by atoms with Gasteiger partial charge in [0.2, 0.25) is 0 Å². The van der Waals surface area contributed by atoms with Crippen molar-refractivity contribution in [2.45, 2.75) is 163 Å². The molecule has 0 fully saturated rings. The second-order valence-corrected chi connectivity index (χ2v) is 16.7. The zero-order chi connectivity index (χ0) is 33.8. The third-order valence-corrected chi connectivity index (χ3v) is 11.4. The summed E-state index contributed by atoms with van der Waals surface area (Å²) in [5, 5.41) is 15.5. The van der Waals surface area contributed by atoms with Crippen LogP contribution in [-0.4, -0.2) is 67.5 Å². The van der Waals surface area contributed by atoms with Gasteiger partial charge in [0.15, 0.2) is 11.5 Å². The maximum atomic E-state index is 6.69. The van der Waals surface area contributed by atoms with Gasteiger partial charge in [0.25, 0.3) is 0 Å². The predicted octanol–water partition coefficient (Wildman–Crippen LogP) is 6.81. The number of anilines is 1. The van der Waals surface area contributed by atoms with Gasteiger partial charge in [-0.2, -0.15) is 0 Å². The van der Waals surface area contributed by atoms with Crippen LogP contribution in [0.3, 0.4) is 0 Å². The van der Waals surface area contributed by atoms with E-state index in [1.807, 2.05) is 4.57 Å². The number of nitrogens with zero attached hydrogens (tertiary/aromatic N) is 4. The monoisotopic (exact) mass is 648 g/mol. The van der Waals surface area contributed by atoms with Crippen molar-refractivity contribution in [1.82, 2.24) is 40.3 Å². The first-order valence-electron chi connectivity index (χ1n) is 17.2. The second kappa shape index (κ2) is 17.8. The summed E-state index contributed by atoms with van der Waals surface area (Å²) < 4.78 is 8.71. The Labute approximate surface area is 274 Å². The van der Waals surface area contributed by atoms with Gasteiger partial charge in [-0.25, -0.2) is 15.0 Å². The number of rotatable bonds is 23. The number of fused-ring (bicyclic) bond motifs is 1. The zero-order valence-electron chi connectivity index (χ0n) is 30.2. The van der Waals surface area contributed by atoms with E-state index in [2.05, 4.69) is 112 Å². The minimum atomic E-state index is -2.28. The lowest BCUT2D eigenvalue weighted by Crippen LogP contribution is -2.55. The van der Waals surface area contributed by atoms with Crippen molar-refractivity contribution >= 4 is 30.5 Å². The molecule has 0 aliphatic rings. The molecule has 0 aliphatic heterocycles. The molecule has 2 aromatic heterocycles. The van der Waals surface area contributed by atoms with Gasteiger partial charge in [-0.3, -0.25) is 10.2 Å². The van der Waals surface area contributed by atoms with Crippen LogP contribution in [-0.2, 0) is 11.3 Å². The molecule has 11 heteroatoms. The average molecular weight is 648 g/mol. The van der Waals surface area contributed by atoms with E-state index in [1.165, 1.54) is 6.33 Å². The standard InChI is InChI=1S/C34H66N9OP/c1-13-17-28(18-14-2)40-26(6)33(8,9)41-45(12,42-34(10,11)27(7)44-29(19-15-3)20-16-4)24-39-25(5)21-43-23-38-30-31(35)36-22-37-32(30)43/h22-23,25,27-29,39-42H,6,12-21,24H2,1-5,7-11H3,(H2,35,36,37)/t25-,27?,45?/m1/s1. The molecule has 0 radical (unpaired) electrons. The van der Waals surface area contributed by atoms with Crippen LogP contribution in [0.25, 0.3) is 11.2 Å². The molecule has 45 heavy (non-hydrogen) atoms. The number of aromatic nitrogens is 4. The van der Waals surface area contributed by atoms with Crippen molar-refractivity contribution in [1.29, 1.82) is 0 Å². The zero-order valence-corrected chi connectivity index (χ0v) is 31.1. The van der Waals surface area contributed by atoms with Crippen molar-refractivity contribution in [3.63, 3.8) is 0 Å². The Morgan fingerprint density at radius 1 is 0.956 bits per heavy atom. The topological polar surface area (TPSA) is 127 Å². The third-order valence-electron chi connectivity index (χ3n) is 8.65. The molecule has 0 saturated heterocycles. The molecule has 0 saturated carbocycles. The largest absolute Gasteiger partial charge is 0.385 e. The molecular weight excluding hydrogens is 581 g/mol. The van der Waals surface area contributed by atoms with E-state index < -0.39 is 12.7 Å². The Morgan fingerprint density at radius 3 is 2.13 bits per heavy atom. The first-order valence-corrected chi connectivity index (χ1v) is 19.3. The Morgan fingerprint density at radius 2 is 1.56 bits per heavy atom. The van der Waals surface area contributed by atoms with E-state index in [4.69, 9.17) is 16.8 Å². The first-order chi connectivity index (χ1) is 21.1. The van der Waals surface area contributed by atoms with Crippen LogP contribution in [0.5, 0.6) is 0 Å². The number of nitrogen functional groups attached to an aromatic ring is 1. The minimum Gasteiger partial charge on any atom is -0.385 e. The number of nitrogens with one attached hydrogen (secondary N) is 4. The van der Waals surface area contributed by atoms with Crippen LogP contribution in [0.2, 0.25) is 0 Å². The molecule has 2 aromatic rings. The van der Waals surface area contributed by atoms with Gasteiger partial charge >= 0.3 is 0 Å². The lowest BCUT2D eigenvalue weighted by Gasteiger charge is -2.45. The van der Waals surface area contributed by atoms with Crippen molar-refractivity contribution in [3.8, 4) is 0 Å². The van der Waals surface area contributed by atoms with Crippen LogP contribution in [0.4, 0.5) is 5.82 Å². The van der Waals surface area contributed by atoms with E-state index in [9.17, 15) is 0 Å². The molecule has 0 spiro atoms. The SMILES string of the molecule is C=C(NC(CCC)CCC)C(C)(C)NP(=C)(CN[C@H](C)Cn1cnc2c(N)ncnc21)NC(C)(C)C(C)OC(CCC)CCC. The van der Waals surface area contributed by atoms with Crippen molar-refractivity contribution in [2.75, 3.05) is 12.0 Å². The van der Waals surface area contributed by atoms with Crippen LogP contribution in [0, 0.1) is 0 Å². The van der Waals surface area contributed by atoms with Crippen molar-refractivity contribution in [2.24, 2.45) is 0 Å². The highest BCUT2D eigenvalue weighted by Crippen LogP contribution is 2.42. The minimum absolute atomic E-state index is 0.00803. The average Bonchev–Trinajstić information content (AvgIpc) is 3.35. The molecule has 0 amide bonds. The molecule has 3 atom stereocenters. The van der Waals surface area contributed by atoms with Crippen LogP contribution >= 0.6 is 7.19 Å². The molecule has 0 aromatic carbocycles. The summed E-state index contributed by atoms with van der Waals surface area (Å²) >= 11 is 0. The maximum Gasteiger partial charge on any atom is 0.165 e. The van der Waals surface area contributed by atoms with Crippen LogP contribution < -0.4 is 26.5 Å². The summed E-state index contributed by atoms with van der Waals surface area (Å²) in [5.74, 6) is 0.394. The fraction of sp³-hybridized carbons (Fsp3) is 0.765. The van der Waals surface area contributed by atoms with E-state index in [0.717, 1.165) is 62.7 Å². The van der Waals surface area contributed by atoms with Gasteiger partial charge in [0.05, 0.1) is 24.1 Å². The molecule has 2 unspecified atom stereocenters. The molecule has 258 valence electrons. The van der Waals surface area contributed by atoms with Gasteiger partial charge in [-0.05, 0) is 67.2 Å². The normalized spacial score (nSPS) is 15.5. The summed E-state index contributed by atoms with van der Waals surface area (Å²) in [6, 6.07) is 0.528. The van der Waals surface area contributed by atoms with Gasteiger partial charge in [-0.1, -0.05) is 66.3 Å². The summed E-state index contributed by atoms with van der Waals surface area (Å²) in [5.41, 5.74) is 7.64. The predicted molar refractivity (Wildman–Crippen MR) is 196 cm³/mol. The van der Waals surface area contributed by atoms with Gasteiger partial charge in [0.1, 0.15) is 11.8 Å². The first kappa shape index (κ1) is 39.2. The van der Waals surface area contributed by atoms with E-state index >= 15 is 0 Å². The highest BCUT2D eigenvalue weighted by molar-refractivity contribution is 7.70. The molecule has 2 rings (SSSR count). The fourth-order valence-electron chi connectivity index (χ4n) is 5.85. The van der Waals surface area contributed by atoms with Gasteiger partial charge in [0, 0.05) is 43.3 Å². The van der Waals surface area contributed by atoms with Crippen LogP contribution in [0.1, 0.15) is 121 Å². The quantitative estimate of drug-likeness (QED) is 0.0827. The molecule has 6 N–H and O–H groups in total. The van der Waals surface area contributed by atoms with Crippen molar-refractivity contribution in [3.05, 3.63) is 24.9 Å². The van der Waals surface area contributed by atoms with Crippen molar-refractivity contribution < 1.29 is 4.74 Å². The molecule has 0 aliphatic carbocycles. The Bertz CT molecular complexity index is 1220. The highest BCUT2D eigenvalue weighted by Gasteiger charge is 2.36. The third kappa shape index (κ3) is 12.0. The molecular formula is C34H66N9OP. The fourth-order valence-corrected chi connectivity index (χ4v) is 9.18. The molecule has 2 heterocycles. The Balaban J connectivity index is 2.29. The lowest BCUT2D eigenvalue weighted by atomic mass is 9.99. The lowest BCUT2D eigenvalue weighted by molar-refractivity contribution is -0.0453. The number of ether oxygens (including phenoxy) is 1. The Hall–Kier alpha value is -1.97. The summed E-state index contributed by atoms with van der Waals surface area (Å²) in [6.07, 6.45) is 18.0. The summed E-state index contributed by atoms with van der Waals surface area (Å²) in [7, 11) is -2.28. The number of imidazole rings is 1. The number of hydrogen-bond acceptors (Lipinski definition) is 9. The van der Waals surface area contributed by atoms with Crippen LogP contribution in [0.15, 0.2) is 24.9 Å². The summed E-state index contributed by atoms with van der Waals surface area (Å²) in [4.78, 5) is 12.9. The van der Waals surface area contributed by atoms with E-state index in [0.29, 0.717) is 30.2 Å². The van der Waals surface area contributed by atoms with Gasteiger partial charge < -0.3 is 25.7 Å². The Kier molecular flexibility index (Phi) is 15.5. The maximum absolute atomic E-state index is 6.69. The molecule has 0 bridgehead atoms.